The first kappa shape index (κ1) is 20.2. The van der Waals surface area contributed by atoms with Crippen molar-refractivity contribution in [3.63, 3.8) is 0 Å². The fourth-order valence-electron chi connectivity index (χ4n) is 3.81. The van der Waals surface area contributed by atoms with Crippen LogP contribution in [0.5, 0.6) is 11.5 Å². The Bertz CT molecular complexity index is 808. The summed E-state index contributed by atoms with van der Waals surface area (Å²) in [5, 5.41) is 12.5. The van der Waals surface area contributed by atoms with Gasteiger partial charge in [0.1, 0.15) is 11.5 Å². The smallest absolute Gasteiger partial charge is 0.237 e. The molecular weight excluding hydrogens is 356 g/mol. The number of hydrogen-bond acceptors (Lipinski definition) is 5. The van der Waals surface area contributed by atoms with Gasteiger partial charge in [-0.15, -0.1) is 0 Å². The molecule has 0 radical (unpaired) electrons. The lowest BCUT2D eigenvalue weighted by Gasteiger charge is -2.39. The molecule has 1 unspecified atom stereocenters. The Hall–Kier alpha value is -2.57. The number of aliphatic hydroxyl groups excluding tert-OH is 1. The Balaban J connectivity index is 2.03. The van der Waals surface area contributed by atoms with Gasteiger partial charge in [-0.25, -0.2) is 0 Å². The van der Waals surface area contributed by atoms with Gasteiger partial charge in [0.25, 0.3) is 0 Å². The zero-order valence-corrected chi connectivity index (χ0v) is 16.6. The number of ether oxygens (including phenoxy) is 2. The van der Waals surface area contributed by atoms with Gasteiger partial charge in [0, 0.05) is 24.2 Å². The molecule has 28 heavy (non-hydrogen) atoms. The molecule has 0 aromatic heterocycles. The van der Waals surface area contributed by atoms with Crippen molar-refractivity contribution in [2.45, 2.75) is 25.5 Å². The highest BCUT2D eigenvalue weighted by molar-refractivity contribution is 5.80. The average Bonchev–Trinajstić information content (AvgIpc) is 2.72. The highest BCUT2D eigenvalue weighted by Gasteiger charge is 2.35. The van der Waals surface area contributed by atoms with E-state index < -0.39 is 6.10 Å². The predicted molar refractivity (Wildman–Crippen MR) is 108 cm³/mol. The van der Waals surface area contributed by atoms with Gasteiger partial charge in [-0.1, -0.05) is 30.3 Å². The van der Waals surface area contributed by atoms with Gasteiger partial charge in [0.2, 0.25) is 5.91 Å². The molecule has 0 fully saturated rings. The molecule has 1 aliphatic heterocycles. The maximum absolute atomic E-state index is 13.0. The van der Waals surface area contributed by atoms with Crippen LogP contribution in [0.3, 0.4) is 0 Å². The Morgan fingerprint density at radius 3 is 2.50 bits per heavy atom. The first-order valence-electron chi connectivity index (χ1n) is 9.53. The number of nitrogens with zero attached hydrogens (tertiary/aromatic N) is 1. The highest BCUT2D eigenvalue weighted by atomic mass is 16.5. The van der Waals surface area contributed by atoms with Gasteiger partial charge in [-0.2, -0.15) is 0 Å². The number of carbonyl (C=O) groups excluding carboxylic acids is 1. The summed E-state index contributed by atoms with van der Waals surface area (Å²) in [4.78, 5) is 14.9. The molecule has 1 heterocycles. The Labute approximate surface area is 166 Å². The van der Waals surface area contributed by atoms with Gasteiger partial charge in [0.05, 0.1) is 32.9 Å². The minimum atomic E-state index is -0.496. The van der Waals surface area contributed by atoms with E-state index in [9.17, 15) is 9.90 Å². The van der Waals surface area contributed by atoms with Crippen molar-refractivity contribution in [3.8, 4) is 11.5 Å². The normalized spacial score (nSPS) is 17.0. The van der Waals surface area contributed by atoms with E-state index in [-0.39, 0.29) is 18.5 Å². The third-order valence-electron chi connectivity index (χ3n) is 5.05. The van der Waals surface area contributed by atoms with Gasteiger partial charge >= 0.3 is 0 Å². The quantitative estimate of drug-likeness (QED) is 0.765. The summed E-state index contributed by atoms with van der Waals surface area (Å²) >= 11 is 0. The van der Waals surface area contributed by atoms with Gasteiger partial charge in [-0.05, 0) is 31.0 Å². The van der Waals surface area contributed by atoms with E-state index in [4.69, 9.17) is 9.47 Å². The Morgan fingerprint density at radius 1 is 1.18 bits per heavy atom. The van der Waals surface area contributed by atoms with E-state index in [1.165, 1.54) is 0 Å². The third-order valence-corrected chi connectivity index (χ3v) is 5.05. The average molecular weight is 384 g/mol. The fraction of sp³-hybridized carbons (Fsp3) is 0.409. The minimum Gasteiger partial charge on any atom is -0.496 e. The lowest BCUT2D eigenvalue weighted by atomic mass is 9.86. The Kier molecular flexibility index (Phi) is 6.54. The zero-order valence-electron chi connectivity index (χ0n) is 16.6. The van der Waals surface area contributed by atoms with Crippen LogP contribution in [0.4, 0.5) is 0 Å². The molecule has 2 aromatic rings. The molecule has 150 valence electrons. The van der Waals surface area contributed by atoms with Crippen LogP contribution in [-0.4, -0.2) is 55.9 Å². The van der Waals surface area contributed by atoms with Gasteiger partial charge in [-0.3, -0.25) is 4.79 Å². The lowest BCUT2D eigenvalue weighted by molar-refractivity contribution is -0.132. The molecule has 3 rings (SSSR count). The SMILES string of the molecule is COc1ccc(OC)c2c1CCN(C(=O)CNC[C@@H](C)O)C2c1ccccc1. The standard InChI is InChI=1S/C22H28N2O4/c1-15(25)13-23-14-20(26)24-12-11-17-18(27-2)9-10-19(28-3)21(17)22(24)16-7-5-4-6-8-16/h4-10,15,22-23,25H,11-14H2,1-3H3/t15-,22?/m1/s1. The highest BCUT2D eigenvalue weighted by Crippen LogP contribution is 2.44. The fourth-order valence-corrected chi connectivity index (χ4v) is 3.81. The van der Waals surface area contributed by atoms with Crippen LogP contribution in [0.1, 0.15) is 29.7 Å². The monoisotopic (exact) mass is 384 g/mol. The summed E-state index contributed by atoms with van der Waals surface area (Å²) in [6.45, 7) is 2.84. The second-order valence-corrected chi connectivity index (χ2v) is 6.99. The van der Waals surface area contributed by atoms with Crippen LogP contribution >= 0.6 is 0 Å². The number of benzene rings is 2. The first-order valence-corrected chi connectivity index (χ1v) is 9.53. The molecule has 0 saturated heterocycles. The maximum Gasteiger partial charge on any atom is 0.237 e. The largest absolute Gasteiger partial charge is 0.496 e. The summed E-state index contributed by atoms with van der Waals surface area (Å²) in [6.07, 6.45) is 0.199. The number of fused-ring (bicyclic) bond motifs is 1. The van der Waals surface area contributed by atoms with E-state index >= 15 is 0 Å². The Morgan fingerprint density at radius 2 is 1.86 bits per heavy atom. The first-order chi connectivity index (χ1) is 13.6. The molecule has 6 nitrogen and oxygen atoms in total. The summed E-state index contributed by atoms with van der Waals surface area (Å²) in [5.41, 5.74) is 3.08. The molecule has 0 spiro atoms. The molecular formula is C22H28N2O4. The predicted octanol–water partition coefficient (Wildman–Crippen LogP) is 2.15. The van der Waals surface area contributed by atoms with Gasteiger partial charge < -0.3 is 24.8 Å². The van der Waals surface area contributed by atoms with Crippen LogP contribution < -0.4 is 14.8 Å². The molecule has 0 bridgehead atoms. The second-order valence-electron chi connectivity index (χ2n) is 6.99. The van der Waals surface area contributed by atoms with Crippen LogP contribution in [0.2, 0.25) is 0 Å². The zero-order chi connectivity index (χ0) is 20.1. The number of rotatable bonds is 7. The molecule has 2 N–H and O–H groups in total. The van der Waals surface area contributed by atoms with Crippen LogP contribution in [0.25, 0.3) is 0 Å². The van der Waals surface area contributed by atoms with E-state index in [0.29, 0.717) is 19.5 Å². The number of aliphatic hydroxyl groups is 1. The molecule has 1 amide bonds. The van der Waals surface area contributed by atoms with E-state index in [1.54, 1.807) is 21.1 Å². The van der Waals surface area contributed by atoms with E-state index in [2.05, 4.69) is 5.32 Å². The number of methoxy groups -OCH3 is 2. The summed E-state index contributed by atoms with van der Waals surface area (Å²) in [5.74, 6) is 1.56. The van der Waals surface area contributed by atoms with Gasteiger partial charge in [0.15, 0.2) is 0 Å². The number of nitrogens with one attached hydrogen (secondary N) is 1. The number of carbonyl (C=O) groups is 1. The summed E-state index contributed by atoms with van der Waals surface area (Å²) in [6, 6.07) is 13.5. The van der Waals surface area contributed by atoms with Crippen LogP contribution in [0.15, 0.2) is 42.5 Å². The van der Waals surface area contributed by atoms with Crippen molar-refractivity contribution < 1.29 is 19.4 Å². The van der Waals surface area contributed by atoms with E-state index in [1.807, 2.05) is 47.4 Å². The van der Waals surface area contributed by atoms with Crippen molar-refractivity contribution in [2.24, 2.45) is 0 Å². The lowest BCUT2D eigenvalue weighted by Crippen LogP contribution is -2.45. The number of hydrogen-bond donors (Lipinski definition) is 2. The van der Waals surface area contributed by atoms with E-state index in [0.717, 1.165) is 28.2 Å². The van der Waals surface area contributed by atoms with Crippen LogP contribution in [0, 0.1) is 0 Å². The molecule has 1 aliphatic rings. The molecule has 2 aromatic carbocycles. The molecule has 0 aliphatic carbocycles. The second kappa shape index (κ2) is 9.08. The summed E-state index contributed by atoms with van der Waals surface area (Å²) in [7, 11) is 3.31. The minimum absolute atomic E-state index is 0.00924. The van der Waals surface area contributed by atoms with Crippen molar-refractivity contribution in [3.05, 3.63) is 59.2 Å². The van der Waals surface area contributed by atoms with Crippen molar-refractivity contribution >= 4 is 5.91 Å². The summed E-state index contributed by atoms with van der Waals surface area (Å²) < 4.78 is 11.2. The van der Waals surface area contributed by atoms with Crippen molar-refractivity contribution in [1.82, 2.24) is 10.2 Å². The number of amides is 1. The maximum atomic E-state index is 13.0. The van der Waals surface area contributed by atoms with Crippen molar-refractivity contribution in [2.75, 3.05) is 33.9 Å². The third kappa shape index (κ3) is 4.13. The molecule has 0 saturated carbocycles. The van der Waals surface area contributed by atoms with Crippen LogP contribution in [-0.2, 0) is 11.2 Å². The molecule has 6 heteroatoms. The topological polar surface area (TPSA) is 71.0 Å². The molecule has 2 atom stereocenters. The van der Waals surface area contributed by atoms with Crippen molar-refractivity contribution in [1.29, 1.82) is 0 Å².